The fraction of sp³-hybridized carbons (Fsp3) is 0.0667. The van der Waals surface area contributed by atoms with Crippen molar-refractivity contribution in [3.63, 3.8) is 0 Å². The van der Waals surface area contributed by atoms with E-state index in [9.17, 15) is 4.79 Å². The average molecular weight is 339 g/mol. The zero-order chi connectivity index (χ0) is 15.2. The zero-order valence-corrected chi connectivity index (χ0v) is 13.2. The van der Waals surface area contributed by atoms with Gasteiger partial charge in [-0.2, -0.15) is 0 Å². The van der Waals surface area contributed by atoms with E-state index in [1.807, 2.05) is 30.3 Å². The van der Waals surface area contributed by atoms with Crippen LogP contribution in [0.1, 0.15) is 15.9 Å². The van der Waals surface area contributed by atoms with Crippen molar-refractivity contribution in [2.75, 3.05) is 0 Å². The van der Waals surface area contributed by atoms with E-state index < -0.39 is 0 Å². The third kappa shape index (κ3) is 5.01. The lowest BCUT2D eigenvalue weighted by Crippen LogP contribution is -2.38. The number of benzene rings is 2. The Kier molecular flexibility index (Phi) is 5.56. The molecule has 0 atom stereocenters. The van der Waals surface area contributed by atoms with Crippen LogP contribution in [-0.4, -0.2) is 11.0 Å². The van der Waals surface area contributed by atoms with Gasteiger partial charge in [-0.25, -0.2) is 0 Å². The number of carbonyl (C=O) groups excluding carboxylic acids is 1. The van der Waals surface area contributed by atoms with Crippen LogP contribution in [0.15, 0.2) is 48.5 Å². The van der Waals surface area contributed by atoms with Gasteiger partial charge >= 0.3 is 0 Å². The number of hydrogen-bond donors (Lipinski definition) is 2. The number of halogens is 2. The lowest BCUT2D eigenvalue weighted by atomic mass is 10.2. The summed E-state index contributed by atoms with van der Waals surface area (Å²) < 4.78 is 0. The molecule has 0 aliphatic heterocycles. The maximum Gasteiger partial charge on any atom is 0.257 e. The highest BCUT2D eigenvalue weighted by Crippen LogP contribution is 2.18. The van der Waals surface area contributed by atoms with Gasteiger partial charge in [0.15, 0.2) is 5.11 Å². The zero-order valence-electron chi connectivity index (χ0n) is 10.9. The predicted octanol–water partition coefficient (Wildman–Crippen LogP) is 3.80. The lowest BCUT2D eigenvalue weighted by Gasteiger charge is -2.10. The number of thiocarbonyl (C=S) groups is 1. The molecule has 0 saturated heterocycles. The molecule has 2 aromatic carbocycles. The van der Waals surface area contributed by atoms with Gasteiger partial charge in [-0.05, 0) is 36.0 Å². The molecule has 108 valence electrons. The molecule has 0 saturated carbocycles. The highest BCUT2D eigenvalue weighted by atomic mass is 35.5. The van der Waals surface area contributed by atoms with E-state index in [1.54, 1.807) is 6.07 Å². The molecule has 21 heavy (non-hydrogen) atoms. The predicted molar refractivity (Wildman–Crippen MR) is 89.8 cm³/mol. The minimum Gasteiger partial charge on any atom is -0.358 e. The number of hydrogen-bond acceptors (Lipinski definition) is 2. The van der Waals surface area contributed by atoms with E-state index in [0.29, 0.717) is 22.2 Å². The van der Waals surface area contributed by atoms with Crippen LogP contribution in [0.5, 0.6) is 0 Å². The Balaban J connectivity index is 1.91. The van der Waals surface area contributed by atoms with Gasteiger partial charge in [0.2, 0.25) is 0 Å². The maximum atomic E-state index is 12.0. The van der Waals surface area contributed by atoms with Crippen LogP contribution in [-0.2, 0) is 6.54 Å². The molecule has 2 N–H and O–H groups in total. The molecular formula is C15H12Cl2N2OS. The Labute approximate surface area is 138 Å². The molecule has 0 radical (unpaired) electrons. The normalized spacial score (nSPS) is 10.0. The molecule has 0 bridgehead atoms. The van der Waals surface area contributed by atoms with Crippen LogP contribution in [0.3, 0.4) is 0 Å². The van der Waals surface area contributed by atoms with Crippen molar-refractivity contribution in [2.45, 2.75) is 6.54 Å². The first kappa shape index (κ1) is 15.8. The molecule has 2 rings (SSSR count). The monoisotopic (exact) mass is 338 g/mol. The summed E-state index contributed by atoms with van der Waals surface area (Å²) in [5.41, 5.74) is 1.43. The minimum atomic E-state index is -0.357. The Hall–Kier alpha value is -1.62. The molecule has 1 amide bonds. The Bertz CT molecular complexity index is 642. The first-order valence-corrected chi connectivity index (χ1v) is 7.30. The van der Waals surface area contributed by atoms with Crippen molar-refractivity contribution in [2.24, 2.45) is 0 Å². The third-order valence-corrected chi connectivity index (χ3v) is 3.33. The molecule has 0 spiro atoms. The Morgan fingerprint density at radius 2 is 1.67 bits per heavy atom. The SMILES string of the molecule is O=C(NC(=S)NCc1ccccc1)c1cc(Cl)cc(Cl)c1. The fourth-order valence-corrected chi connectivity index (χ4v) is 2.37. The topological polar surface area (TPSA) is 41.1 Å². The van der Waals surface area contributed by atoms with Crippen LogP contribution >= 0.6 is 35.4 Å². The number of carbonyl (C=O) groups is 1. The van der Waals surface area contributed by atoms with Gasteiger partial charge in [-0.15, -0.1) is 0 Å². The first-order chi connectivity index (χ1) is 10.0. The summed E-state index contributed by atoms with van der Waals surface area (Å²) in [4.78, 5) is 12.0. The van der Waals surface area contributed by atoms with Gasteiger partial charge in [0.1, 0.15) is 0 Å². The summed E-state index contributed by atoms with van der Waals surface area (Å²) in [6.07, 6.45) is 0. The van der Waals surface area contributed by atoms with E-state index in [1.165, 1.54) is 12.1 Å². The molecular weight excluding hydrogens is 327 g/mol. The average Bonchev–Trinajstić information content (AvgIpc) is 2.45. The lowest BCUT2D eigenvalue weighted by molar-refractivity contribution is 0.0976. The van der Waals surface area contributed by atoms with Gasteiger partial charge in [0.25, 0.3) is 5.91 Å². The summed E-state index contributed by atoms with van der Waals surface area (Å²) in [5.74, 6) is -0.357. The standard InChI is InChI=1S/C15H12Cl2N2OS/c16-12-6-11(7-13(17)8-12)14(20)19-15(21)18-9-10-4-2-1-3-5-10/h1-8H,9H2,(H2,18,19,20,21). The number of rotatable bonds is 3. The number of amides is 1. The summed E-state index contributed by atoms with van der Waals surface area (Å²) in [6, 6.07) is 14.4. The minimum absolute atomic E-state index is 0.250. The quantitative estimate of drug-likeness (QED) is 0.836. The molecule has 2 aromatic rings. The van der Waals surface area contributed by atoms with E-state index in [4.69, 9.17) is 35.4 Å². The molecule has 0 fully saturated rings. The summed E-state index contributed by atoms with van der Waals surface area (Å²) >= 11 is 16.8. The highest BCUT2D eigenvalue weighted by Gasteiger charge is 2.09. The molecule has 0 aromatic heterocycles. The van der Waals surface area contributed by atoms with Crippen LogP contribution in [0, 0.1) is 0 Å². The molecule has 3 nitrogen and oxygen atoms in total. The van der Waals surface area contributed by atoms with Gasteiger partial charge in [0, 0.05) is 22.2 Å². The van der Waals surface area contributed by atoms with Gasteiger partial charge in [0.05, 0.1) is 0 Å². The molecule has 6 heteroatoms. The molecule has 0 unspecified atom stereocenters. The van der Waals surface area contributed by atoms with E-state index in [-0.39, 0.29) is 11.0 Å². The van der Waals surface area contributed by atoms with Crippen molar-refractivity contribution < 1.29 is 4.79 Å². The van der Waals surface area contributed by atoms with Crippen molar-refractivity contribution in [3.8, 4) is 0 Å². The summed E-state index contributed by atoms with van der Waals surface area (Å²) in [6.45, 7) is 0.538. The third-order valence-electron chi connectivity index (χ3n) is 2.65. The van der Waals surface area contributed by atoms with Crippen molar-refractivity contribution in [1.82, 2.24) is 10.6 Å². The maximum absolute atomic E-state index is 12.0. The van der Waals surface area contributed by atoms with Crippen LogP contribution in [0.4, 0.5) is 0 Å². The molecule has 0 aliphatic rings. The largest absolute Gasteiger partial charge is 0.358 e. The van der Waals surface area contributed by atoms with Gasteiger partial charge in [-0.1, -0.05) is 53.5 Å². The van der Waals surface area contributed by atoms with Crippen molar-refractivity contribution >= 4 is 46.4 Å². The summed E-state index contributed by atoms with van der Waals surface area (Å²) in [7, 11) is 0. The van der Waals surface area contributed by atoms with E-state index in [2.05, 4.69) is 10.6 Å². The highest BCUT2D eigenvalue weighted by molar-refractivity contribution is 7.80. The van der Waals surface area contributed by atoms with E-state index in [0.717, 1.165) is 5.56 Å². The fourth-order valence-electron chi connectivity index (χ4n) is 1.68. The second-order valence-corrected chi connectivity index (χ2v) is 5.56. The van der Waals surface area contributed by atoms with Crippen molar-refractivity contribution in [1.29, 1.82) is 0 Å². The van der Waals surface area contributed by atoms with Crippen molar-refractivity contribution in [3.05, 3.63) is 69.7 Å². The van der Waals surface area contributed by atoms with Crippen LogP contribution in [0.25, 0.3) is 0 Å². The smallest absolute Gasteiger partial charge is 0.257 e. The van der Waals surface area contributed by atoms with Gasteiger partial charge < -0.3 is 5.32 Å². The second-order valence-electron chi connectivity index (χ2n) is 4.28. The number of nitrogens with one attached hydrogen (secondary N) is 2. The van der Waals surface area contributed by atoms with Gasteiger partial charge in [-0.3, -0.25) is 10.1 Å². The molecule has 0 aliphatic carbocycles. The first-order valence-electron chi connectivity index (χ1n) is 6.14. The van der Waals surface area contributed by atoms with E-state index >= 15 is 0 Å². The molecule has 0 heterocycles. The Morgan fingerprint density at radius 1 is 1.05 bits per heavy atom. The Morgan fingerprint density at radius 3 is 2.29 bits per heavy atom. The van der Waals surface area contributed by atoms with Crippen LogP contribution < -0.4 is 10.6 Å². The summed E-state index contributed by atoms with van der Waals surface area (Å²) in [5, 5.41) is 6.60. The van der Waals surface area contributed by atoms with Crippen LogP contribution in [0.2, 0.25) is 10.0 Å². The second kappa shape index (κ2) is 7.41.